The lowest BCUT2D eigenvalue weighted by molar-refractivity contribution is 0.371. The molecule has 2 aromatic rings. The third-order valence-electron chi connectivity index (χ3n) is 3.63. The van der Waals surface area contributed by atoms with Crippen molar-refractivity contribution >= 4 is 12.4 Å². The number of hydrogen-bond acceptors (Lipinski definition) is 4. The second-order valence-corrected chi connectivity index (χ2v) is 5.01. The molecule has 0 radical (unpaired) electrons. The molecule has 1 aromatic carbocycles. The summed E-state index contributed by atoms with van der Waals surface area (Å²) < 4.78 is 44.7. The number of aromatic nitrogens is 2. The summed E-state index contributed by atoms with van der Waals surface area (Å²) in [7, 11) is 0. The highest BCUT2D eigenvalue weighted by Gasteiger charge is 2.36. The van der Waals surface area contributed by atoms with Crippen molar-refractivity contribution in [1.29, 1.82) is 0 Å². The zero-order valence-corrected chi connectivity index (χ0v) is 11.7. The Kier molecular flexibility index (Phi) is 4.25. The van der Waals surface area contributed by atoms with E-state index in [-0.39, 0.29) is 29.7 Å². The Bertz CT molecular complexity index is 656. The van der Waals surface area contributed by atoms with Crippen LogP contribution in [0.5, 0.6) is 0 Å². The molecular formula is C13H13ClF3N3O. The van der Waals surface area contributed by atoms with Crippen LogP contribution in [0.15, 0.2) is 16.7 Å². The molecule has 114 valence electrons. The molecule has 0 amide bonds. The second-order valence-electron chi connectivity index (χ2n) is 5.01. The van der Waals surface area contributed by atoms with Crippen LogP contribution in [0.2, 0.25) is 0 Å². The predicted molar refractivity (Wildman–Crippen MR) is 71.2 cm³/mol. The van der Waals surface area contributed by atoms with E-state index in [0.717, 1.165) is 25.0 Å². The zero-order chi connectivity index (χ0) is 14.3. The van der Waals surface area contributed by atoms with Gasteiger partial charge in [-0.05, 0) is 25.0 Å². The second kappa shape index (κ2) is 5.65. The van der Waals surface area contributed by atoms with Crippen molar-refractivity contribution in [2.45, 2.75) is 31.2 Å². The zero-order valence-electron chi connectivity index (χ0n) is 10.9. The molecule has 1 saturated carbocycles. The van der Waals surface area contributed by atoms with E-state index in [1.54, 1.807) is 0 Å². The van der Waals surface area contributed by atoms with Crippen molar-refractivity contribution in [2.75, 3.05) is 0 Å². The molecule has 4 nitrogen and oxygen atoms in total. The average Bonchev–Trinajstić information content (AvgIpc) is 3.06. The van der Waals surface area contributed by atoms with Crippen LogP contribution in [-0.4, -0.2) is 10.1 Å². The molecule has 0 spiro atoms. The minimum Gasteiger partial charge on any atom is -0.334 e. The first kappa shape index (κ1) is 15.8. The van der Waals surface area contributed by atoms with Crippen LogP contribution in [0.4, 0.5) is 13.2 Å². The molecule has 0 bridgehead atoms. The van der Waals surface area contributed by atoms with E-state index in [1.165, 1.54) is 0 Å². The maximum absolute atomic E-state index is 13.7. The number of halogens is 4. The summed E-state index contributed by atoms with van der Waals surface area (Å²) in [4.78, 5) is 4.03. The van der Waals surface area contributed by atoms with Crippen molar-refractivity contribution in [2.24, 2.45) is 5.73 Å². The van der Waals surface area contributed by atoms with Crippen molar-refractivity contribution in [1.82, 2.24) is 10.1 Å². The molecule has 1 aliphatic rings. The predicted octanol–water partition coefficient (Wildman–Crippen LogP) is 3.30. The summed E-state index contributed by atoms with van der Waals surface area (Å²) >= 11 is 0. The van der Waals surface area contributed by atoms with Gasteiger partial charge in [0.25, 0.3) is 5.89 Å². The lowest BCUT2D eigenvalue weighted by Gasteiger charge is -2.17. The molecule has 2 N–H and O–H groups in total. The number of benzene rings is 1. The van der Waals surface area contributed by atoms with Crippen LogP contribution in [0, 0.1) is 17.5 Å². The summed E-state index contributed by atoms with van der Waals surface area (Å²) in [6.07, 6.45) is 3.35. The molecule has 1 aromatic heterocycles. The lowest BCUT2D eigenvalue weighted by Crippen LogP contribution is -2.34. The van der Waals surface area contributed by atoms with Gasteiger partial charge in [-0.15, -0.1) is 12.4 Å². The van der Waals surface area contributed by atoms with Crippen molar-refractivity contribution in [3.8, 4) is 11.5 Å². The van der Waals surface area contributed by atoms with Crippen molar-refractivity contribution in [3.05, 3.63) is 35.4 Å². The van der Waals surface area contributed by atoms with Crippen LogP contribution < -0.4 is 5.73 Å². The van der Waals surface area contributed by atoms with E-state index in [9.17, 15) is 13.2 Å². The molecule has 1 aliphatic carbocycles. The Labute approximate surface area is 124 Å². The molecule has 0 unspecified atom stereocenters. The van der Waals surface area contributed by atoms with Gasteiger partial charge in [0.05, 0.1) is 11.1 Å². The van der Waals surface area contributed by atoms with Crippen LogP contribution in [-0.2, 0) is 5.54 Å². The first-order chi connectivity index (χ1) is 9.51. The minimum absolute atomic E-state index is 0. The van der Waals surface area contributed by atoms with Crippen LogP contribution in [0.3, 0.4) is 0 Å². The Morgan fingerprint density at radius 2 is 1.76 bits per heavy atom. The van der Waals surface area contributed by atoms with E-state index < -0.39 is 23.0 Å². The maximum Gasteiger partial charge on any atom is 0.261 e. The fourth-order valence-electron chi connectivity index (χ4n) is 2.46. The quantitative estimate of drug-likeness (QED) is 0.863. The third-order valence-corrected chi connectivity index (χ3v) is 3.63. The highest BCUT2D eigenvalue weighted by atomic mass is 35.5. The molecule has 1 fully saturated rings. The Balaban J connectivity index is 0.00000161. The number of hydrogen-bond donors (Lipinski definition) is 1. The topological polar surface area (TPSA) is 64.9 Å². The summed E-state index contributed by atoms with van der Waals surface area (Å²) in [6, 6.07) is 1.87. The Hall–Kier alpha value is -1.60. The summed E-state index contributed by atoms with van der Waals surface area (Å²) in [5.41, 5.74) is 5.19. The van der Waals surface area contributed by atoms with Gasteiger partial charge in [0.15, 0.2) is 23.3 Å². The van der Waals surface area contributed by atoms with E-state index in [4.69, 9.17) is 10.3 Å². The summed E-state index contributed by atoms with van der Waals surface area (Å²) in [5, 5.41) is 3.75. The fourth-order valence-corrected chi connectivity index (χ4v) is 2.46. The average molecular weight is 320 g/mol. The summed E-state index contributed by atoms with van der Waals surface area (Å²) in [5.74, 6) is -4.11. The maximum atomic E-state index is 13.7. The molecule has 21 heavy (non-hydrogen) atoms. The number of nitrogens with two attached hydrogens (primary N) is 1. The van der Waals surface area contributed by atoms with Gasteiger partial charge in [-0.25, -0.2) is 13.2 Å². The first-order valence-electron chi connectivity index (χ1n) is 6.28. The molecule has 0 saturated heterocycles. The van der Waals surface area contributed by atoms with Gasteiger partial charge < -0.3 is 10.3 Å². The SMILES string of the molecule is Cl.NC1(c2noc(-c3ccc(F)c(F)c3F)n2)CCCC1. The highest BCUT2D eigenvalue weighted by molar-refractivity contribution is 5.85. The highest BCUT2D eigenvalue weighted by Crippen LogP contribution is 2.35. The van der Waals surface area contributed by atoms with Gasteiger partial charge in [-0.2, -0.15) is 4.98 Å². The first-order valence-corrected chi connectivity index (χ1v) is 6.28. The minimum atomic E-state index is -1.56. The largest absolute Gasteiger partial charge is 0.334 e. The standard InChI is InChI=1S/C13H12F3N3O.ClH/c14-8-4-3-7(9(15)10(8)16)11-18-12(19-20-11)13(17)5-1-2-6-13;/h3-4H,1-2,5-6,17H2;1H. The smallest absolute Gasteiger partial charge is 0.261 e. The molecular weight excluding hydrogens is 307 g/mol. The molecule has 1 heterocycles. The van der Waals surface area contributed by atoms with Gasteiger partial charge >= 0.3 is 0 Å². The monoisotopic (exact) mass is 319 g/mol. The van der Waals surface area contributed by atoms with Crippen LogP contribution in [0.1, 0.15) is 31.5 Å². The van der Waals surface area contributed by atoms with E-state index >= 15 is 0 Å². The van der Waals surface area contributed by atoms with Gasteiger partial charge in [-0.1, -0.05) is 18.0 Å². The van der Waals surface area contributed by atoms with Gasteiger partial charge in [0.1, 0.15) is 0 Å². The fraction of sp³-hybridized carbons (Fsp3) is 0.385. The lowest BCUT2D eigenvalue weighted by atomic mass is 9.99. The van der Waals surface area contributed by atoms with E-state index in [2.05, 4.69) is 10.1 Å². The van der Waals surface area contributed by atoms with Crippen LogP contribution >= 0.6 is 12.4 Å². The van der Waals surface area contributed by atoms with Gasteiger partial charge in [-0.3, -0.25) is 0 Å². The van der Waals surface area contributed by atoms with Crippen LogP contribution in [0.25, 0.3) is 11.5 Å². The van der Waals surface area contributed by atoms with Crippen molar-refractivity contribution < 1.29 is 17.7 Å². The number of nitrogens with zero attached hydrogens (tertiary/aromatic N) is 2. The molecule has 3 rings (SSSR count). The molecule has 8 heteroatoms. The Morgan fingerprint density at radius 1 is 1.10 bits per heavy atom. The number of rotatable bonds is 2. The third kappa shape index (κ3) is 2.63. The Morgan fingerprint density at radius 3 is 2.43 bits per heavy atom. The molecule has 0 aliphatic heterocycles. The van der Waals surface area contributed by atoms with Gasteiger partial charge in [0.2, 0.25) is 0 Å². The normalized spacial score (nSPS) is 16.8. The van der Waals surface area contributed by atoms with E-state index in [0.29, 0.717) is 12.8 Å². The van der Waals surface area contributed by atoms with Gasteiger partial charge in [0, 0.05) is 0 Å². The molecule has 0 atom stereocenters. The van der Waals surface area contributed by atoms with Crippen molar-refractivity contribution in [3.63, 3.8) is 0 Å². The summed E-state index contributed by atoms with van der Waals surface area (Å²) in [6.45, 7) is 0. The van der Waals surface area contributed by atoms with E-state index in [1.807, 2.05) is 0 Å².